The Morgan fingerprint density at radius 2 is 1.96 bits per heavy atom. The van der Waals surface area contributed by atoms with E-state index < -0.39 is 17.6 Å². The number of hydrogen-bond acceptors (Lipinski definition) is 5. The highest BCUT2D eigenvalue weighted by molar-refractivity contribution is 5.55. The number of anilines is 2. The molecular weight excluding hydrogens is 321 g/mol. The van der Waals surface area contributed by atoms with Gasteiger partial charge in [0.2, 0.25) is 11.8 Å². The fourth-order valence-electron chi connectivity index (χ4n) is 1.80. The van der Waals surface area contributed by atoms with Gasteiger partial charge in [-0.15, -0.1) is 0 Å². The third kappa shape index (κ3) is 4.59. The van der Waals surface area contributed by atoms with Gasteiger partial charge in [0.05, 0.1) is 18.2 Å². The molecule has 1 aromatic heterocycles. The Labute approximate surface area is 137 Å². The lowest BCUT2D eigenvalue weighted by atomic mass is 10.2. The van der Waals surface area contributed by atoms with Gasteiger partial charge in [-0.05, 0) is 30.7 Å². The first-order chi connectivity index (χ1) is 11.4. The van der Waals surface area contributed by atoms with Crippen LogP contribution in [0.25, 0.3) is 0 Å². The number of nitrogens with zero attached hydrogens (tertiary/aromatic N) is 3. The van der Waals surface area contributed by atoms with Gasteiger partial charge in [0.1, 0.15) is 5.56 Å². The Balaban J connectivity index is 2.23. The number of rotatable bonds is 6. The van der Waals surface area contributed by atoms with E-state index in [1.54, 1.807) is 24.3 Å². The van der Waals surface area contributed by atoms with Gasteiger partial charge in [-0.25, -0.2) is 4.98 Å². The second-order valence-electron chi connectivity index (χ2n) is 4.93. The van der Waals surface area contributed by atoms with Crippen molar-refractivity contribution >= 4 is 11.6 Å². The highest BCUT2D eigenvalue weighted by Crippen LogP contribution is 2.35. The molecule has 1 heterocycles. The minimum atomic E-state index is -4.59. The zero-order valence-electron chi connectivity index (χ0n) is 12.9. The van der Waals surface area contributed by atoms with Crippen molar-refractivity contribution < 1.29 is 17.9 Å². The third-order valence-electron chi connectivity index (χ3n) is 3.07. The summed E-state index contributed by atoms with van der Waals surface area (Å²) in [6, 6.07) is 8.34. The van der Waals surface area contributed by atoms with Crippen LogP contribution in [0.15, 0.2) is 30.5 Å². The van der Waals surface area contributed by atoms with E-state index in [-0.39, 0.29) is 12.6 Å². The van der Waals surface area contributed by atoms with Crippen LogP contribution in [0.5, 0.6) is 5.88 Å². The van der Waals surface area contributed by atoms with Crippen molar-refractivity contribution in [3.8, 4) is 11.9 Å². The summed E-state index contributed by atoms with van der Waals surface area (Å²) in [5.74, 6) is -0.513. The van der Waals surface area contributed by atoms with E-state index in [9.17, 15) is 13.2 Å². The van der Waals surface area contributed by atoms with Crippen LogP contribution in [0.2, 0.25) is 0 Å². The summed E-state index contributed by atoms with van der Waals surface area (Å²) in [5, 5.41) is 11.5. The molecule has 1 aromatic carbocycles. The molecule has 1 N–H and O–H groups in total. The molecule has 0 saturated heterocycles. The molecule has 0 spiro atoms. The number of ether oxygens (including phenoxy) is 1. The average molecular weight is 336 g/mol. The highest BCUT2D eigenvalue weighted by Gasteiger charge is 2.36. The summed E-state index contributed by atoms with van der Waals surface area (Å²) in [4.78, 5) is 7.50. The number of halogens is 3. The molecule has 0 aliphatic heterocycles. The van der Waals surface area contributed by atoms with Crippen LogP contribution in [0.4, 0.5) is 24.8 Å². The Kier molecular flexibility index (Phi) is 5.58. The van der Waals surface area contributed by atoms with Gasteiger partial charge in [-0.1, -0.05) is 13.3 Å². The van der Waals surface area contributed by atoms with Crippen LogP contribution in [0.1, 0.15) is 30.9 Å². The lowest BCUT2D eigenvalue weighted by Crippen LogP contribution is -2.13. The minimum absolute atomic E-state index is 0.0146. The van der Waals surface area contributed by atoms with E-state index in [1.165, 1.54) is 0 Å². The number of nitriles is 1. The normalized spacial score (nSPS) is 11.0. The number of hydrogen-bond donors (Lipinski definition) is 1. The van der Waals surface area contributed by atoms with Crippen LogP contribution in [0, 0.1) is 11.3 Å². The Morgan fingerprint density at radius 1 is 1.25 bits per heavy atom. The highest BCUT2D eigenvalue weighted by atomic mass is 19.4. The maximum absolute atomic E-state index is 13.0. The number of nitrogens with one attached hydrogen (secondary N) is 1. The van der Waals surface area contributed by atoms with Crippen molar-refractivity contribution in [1.29, 1.82) is 5.26 Å². The third-order valence-corrected chi connectivity index (χ3v) is 3.07. The van der Waals surface area contributed by atoms with Gasteiger partial charge >= 0.3 is 6.18 Å². The summed E-state index contributed by atoms with van der Waals surface area (Å²) < 4.78 is 44.1. The van der Waals surface area contributed by atoms with Gasteiger partial charge in [0.15, 0.2) is 0 Å². The number of benzene rings is 1. The van der Waals surface area contributed by atoms with Crippen LogP contribution in [-0.2, 0) is 6.18 Å². The molecule has 24 heavy (non-hydrogen) atoms. The molecule has 0 atom stereocenters. The molecule has 2 aromatic rings. The minimum Gasteiger partial charge on any atom is -0.477 e. The fourth-order valence-corrected chi connectivity index (χ4v) is 1.80. The van der Waals surface area contributed by atoms with Gasteiger partial charge < -0.3 is 10.1 Å². The molecule has 126 valence electrons. The molecule has 5 nitrogen and oxygen atoms in total. The average Bonchev–Trinajstić information content (AvgIpc) is 2.55. The first-order valence-corrected chi connectivity index (χ1v) is 7.28. The van der Waals surface area contributed by atoms with E-state index in [1.807, 2.05) is 13.0 Å². The molecule has 0 amide bonds. The molecule has 0 aliphatic carbocycles. The first kappa shape index (κ1) is 17.5. The van der Waals surface area contributed by atoms with Crippen LogP contribution >= 0.6 is 0 Å². The predicted octanol–water partition coefficient (Wildman–Crippen LogP) is 4.29. The Hall–Kier alpha value is -2.82. The molecule has 0 unspecified atom stereocenters. The summed E-state index contributed by atoms with van der Waals surface area (Å²) >= 11 is 0. The molecule has 0 saturated carbocycles. The van der Waals surface area contributed by atoms with Crippen molar-refractivity contribution in [3.63, 3.8) is 0 Å². The number of alkyl halides is 3. The zero-order chi connectivity index (χ0) is 17.6. The van der Waals surface area contributed by atoms with Crippen LogP contribution in [0.3, 0.4) is 0 Å². The number of aromatic nitrogens is 2. The molecule has 0 aliphatic rings. The quantitative estimate of drug-likeness (QED) is 0.797. The summed E-state index contributed by atoms with van der Waals surface area (Å²) in [7, 11) is 0. The van der Waals surface area contributed by atoms with Crippen LogP contribution in [-0.4, -0.2) is 16.6 Å². The Morgan fingerprint density at radius 3 is 2.54 bits per heavy atom. The maximum atomic E-state index is 13.0. The molecule has 0 fully saturated rings. The summed E-state index contributed by atoms with van der Waals surface area (Å²) in [6.45, 7) is 2.05. The molecule has 0 bridgehead atoms. The monoisotopic (exact) mass is 336 g/mol. The van der Waals surface area contributed by atoms with Crippen molar-refractivity contribution in [3.05, 3.63) is 41.6 Å². The van der Waals surface area contributed by atoms with Gasteiger partial charge in [0.25, 0.3) is 0 Å². The van der Waals surface area contributed by atoms with Crippen molar-refractivity contribution in [2.45, 2.75) is 25.9 Å². The van der Waals surface area contributed by atoms with E-state index in [0.29, 0.717) is 23.9 Å². The van der Waals surface area contributed by atoms with Crippen molar-refractivity contribution in [2.24, 2.45) is 0 Å². The predicted molar refractivity (Wildman–Crippen MR) is 81.9 cm³/mol. The van der Waals surface area contributed by atoms with E-state index >= 15 is 0 Å². The molecule has 0 radical (unpaired) electrons. The van der Waals surface area contributed by atoms with E-state index in [2.05, 4.69) is 15.3 Å². The lowest BCUT2D eigenvalue weighted by molar-refractivity contribution is -0.139. The molecular formula is C16H15F3N4O. The molecule has 8 heteroatoms. The SMILES string of the molecule is CCCCOc1nc(Nc2ccc(C#N)cc2)ncc1C(F)(F)F. The fraction of sp³-hybridized carbons (Fsp3) is 0.312. The van der Waals surface area contributed by atoms with E-state index in [4.69, 9.17) is 10.00 Å². The summed E-state index contributed by atoms with van der Waals surface area (Å²) in [5.41, 5.74) is 0.00900. The second-order valence-corrected chi connectivity index (χ2v) is 4.93. The number of unbranched alkanes of at least 4 members (excludes halogenated alkanes) is 1. The van der Waals surface area contributed by atoms with Crippen molar-refractivity contribution in [1.82, 2.24) is 9.97 Å². The summed E-state index contributed by atoms with van der Waals surface area (Å²) in [6.07, 6.45) is -2.47. The molecule has 2 rings (SSSR count). The second kappa shape index (κ2) is 7.64. The Bertz CT molecular complexity index is 724. The van der Waals surface area contributed by atoms with Crippen molar-refractivity contribution in [2.75, 3.05) is 11.9 Å². The largest absolute Gasteiger partial charge is 0.477 e. The standard InChI is InChI=1S/C16H15F3N4O/c1-2-3-8-24-14-13(16(17,18)19)10-21-15(23-14)22-12-6-4-11(9-20)5-7-12/h4-7,10H,2-3,8H2,1H3,(H,21,22,23). The lowest BCUT2D eigenvalue weighted by Gasteiger charge is -2.14. The topological polar surface area (TPSA) is 70.8 Å². The smallest absolute Gasteiger partial charge is 0.423 e. The first-order valence-electron chi connectivity index (χ1n) is 7.28. The van der Waals surface area contributed by atoms with Gasteiger partial charge in [0, 0.05) is 11.9 Å². The van der Waals surface area contributed by atoms with E-state index in [0.717, 1.165) is 6.42 Å². The van der Waals surface area contributed by atoms with Gasteiger partial charge in [-0.3, -0.25) is 0 Å². The zero-order valence-corrected chi connectivity index (χ0v) is 12.9. The maximum Gasteiger partial charge on any atom is 0.423 e. The van der Waals surface area contributed by atoms with Gasteiger partial charge in [-0.2, -0.15) is 23.4 Å². The van der Waals surface area contributed by atoms with Crippen LogP contribution < -0.4 is 10.1 Å².